The molecule has 1 amide bonds. The van der Waals surface area contributed by atoms with Crippen molar-refractivity contribution in [3.05, 3.63) is 0 Å². The van der Waals surface area contributed by atoms with Crippen molar-refractivity contribution in [1.82, 2.24) is 9.80 Å². The number of nitrogens with zero attached hydrogens (tertiary/aromatic N) is 2. The van der Waals surface area contributed by atoms with Crippen LogP contribution in [-0.4, -0.2) is 63.8 Å². The summed E-state index contributed by atoms with van der Waals surface area (Å²) in [5, 5.41) is 9.35. The molecule has 2 saturated heterocycles. The van der Waals surface area contributed by atoms with E-state index in [0.29, 0.717) is 25.0 Å². The van der Waals surface area contributed by atoms with E-state index in [4.69, 9.17) is 4.74 Å². The van der Waals surface area contributed by atoms with Crippen molar-refractivity contribution in [2.45, 2.75) is 71.1 Å². The number of hydrogen-bond acceptors (Lipinski definition) is 4. The zero-order chi connectivity index (χ0) is 17.4. The van der Waals surface area contributed by atoms with Crippen molar-refractivity contribution in [1.29, 1.82) is 0 Å². The topological polar surface area (TPSA) is 70.1 Å². The van der Waals surface area contributed by atoms with Gasteiger partial charge in [-0.25, -0.2) is 4.79 Å². The molecule has 0 aromatic rings. The van der Waals surface area contributed by atoms with Crippen LogP contribution in [0.4, 0.5) is 4.79 Å². The number of aliphatic carboxylic acids is 1. The molecular formula is C17H30N2O4. The first-order valence-electron chi connectivity index (χ1n) is 8.50. The molecule has 0 radical (unpaired) electrons. The summed E-state index contributed by atoms with van der Waals surface area (Å²) in [5.41, 5.74) is -0.968. The highest BCUT2D eigenvalue weighted by atomic mass is 16.6. The minimum absolute atomic E-state index is 0.0789. The van der Waals surface area contributed by atoms with E-state index in [0.717, 1.165) is 19.4 Å². The van der Waals surface area contributed by atoms with Crippen molar-refractivity contribution in [2.24, 2.45) is 5.92 Å². The van der Waals surface area contributed by atoms with E-state index in [1.165, 1.54) is 0 Å². The van der Waals surface area contributed by atoms with Crippen molar-refractivity contribution >= 4 is 12.1 Å². The monoisotopic (exact) mass is 326 g/mol. The molecule has 23 heavy (non-hydrogen) atoms. The Labute approximate surface area is 138 Å². The zero-order valence-electron chi connectivity index (χ0n) is 15.0. The van der Waals surface area contributed by atoms with Crippen LogP contribution in [0.15, 0.2) is 0 Å². The van der Waals surface area contributed by atoms with E-state index in [1.54, 1.807) is 4.90 Å². The minimum Gasteiger partial charge on any atom is -0.481 e. The summed E-state index contributed by atoms with van der Waals surface area (Å²) in [6.07, 6.45) is 1.93. The third kappa shape index (κ3) is 3.97. The van der Waals surface area contributed by atoms with Gasteiger partial charge in [-0.3, -0.25) is 9.69 Å². The molecule has 2 aliphatic rings. The lowest BCUT2D eigenvalue weighted by Gasteiger charge is -2.56. The van der Waals surface area contributed by atoms with E-state index in [-0.39, 0.29) is 12.5 Å². The summed E-state index contributed by atoms with van der Waals surface area (Å²) < 4.78 is 5.40. The quantitative estimate of drug-likeness (QED) is 0.860. The number of amides is 1. The Morgan fingerprint density at radius 3 is 2.39 bits per heavy atom. The lowest BCUT2D eigenvalue weighted by Crippen LogP contribution is -2.73. The Bertz CT molecular complexity index is 464. The maximum absolute atomic E-state index is 12.2. The Morgan fingerprint density at radius 2 is 1.91 bits per heavy atom. The third-order valence-electron chi connectivity index (χ3n) is 4.78. The Kier molecular flexibility index (Phi) is 4.95. The molecule has 132 valence electrons. The molecule has 6 nitrogen and oxygen atoms in total. The smallest absolute Gasteiger partial charge is 0.410 e. The summed E-state index contributed by atoms with van der Waals surface area (Å²) >= 11 is 0. The standard InChI is InChI=1S/C17H30N2O4/c1-12(2)13-7-6-8-19(13)17(9-14(20)21)10-18(11-17)15(22)23-16(3,4)5/h12-13H,6-11H2,1-5H3,(H,20,21). The highest BCUT2D eigenvalue weighted by molar-refractivity contribution is 5.73. The number of hydrogen-bond donors (Lipinski definition) is 1. The molecule has 6 heteroatoms. The van der Waals surface area contributed by atoms with Crippen LogP contribution >= 0.6 is 0 Å². The average molecular weight is 326 g/mol. The molecule has 2 heterocycles. The van der Waals surface area contributed by atoms with Crippen molar-refractivity contribution in [3.8, 4) is 0 Å². The van der Waals surface area contributed by atoms with Gasteiger partial charge >= 0.3 is 12.1 Å². The maximum atomic E-state index is 12.2. The fraction of sp³-hybridized carbons (Fsp3) is 0.882. The van der Waals surface area contributed by atoms with Gasteiger partial charge in [-0.1, -0.05) is 13.8 Å². The van der Waals surface area contributed by atoms with Gasteiger partial charge in [-0.2, -0.15) is 0 Å². The first-order chi connectivity index (χ1) is 10.5. The first-order valence-corrected chi connectivity index (χ1v) is 8.50. The van der Waals surface area contributed by atoms with E-state index < -0.39 is 17.1 Å². The molecule has 1 atom stereocenters. The van der Waals surface area contributed by atoms with E-state index in [9.17, 15) is 14.7 Å². The number of ether oxygens (including phenoxy) is 1. The fourth-order valence-corrected chi connectivity index (χ4v) is 3.87. The van der Waals surface area contributed by atoms with E-state index in [2.05, 4.69) is 18.7 Å². The Hall–Kier alpha value is -1.30. The molecule has 2 fully saturated rings. The summed E-state index contributed by atoms with van der Waals surface area (Å²) in [6.45, 7) is 11.7. The second kappa shape index (κ2) is 6.30. The predicted molar refractivity (Wildman–Crippen MR) is 87.4 cm³/mol. The van der Waals surface area contributed by atoms with Crippen LogP contribution in [-0.2, 0) is 9.53 Å². The van der Waals surface area contributed by atoms with Gasteiger partial charge in [0.05, 0.1) is 12.0 Å². The maximum Gasteiger partial charge on any atom is 0.410 e. The normalized spacial score (nSPS) is 24.6. The lowest BCUT2D eigenvalue weighted by molar-refractivity contribution is -0.147. The van der Waals surface area contributed by atoms with Crippen molar-refractivity contribution in [2.75, 3.05) is 19.6 Å². The van der Waals surface area contributed by atoms with Crippen LogP contribution in [0.2, 0.25) is 0 Å². The average Bonchev–Trinajstić information content (AvgIpc) is 2.79. The predicted octanol–water partition coefficient (Wildman–Crippen LogP) is 2.57. The second-order valence-electron chi connectivity index (χ2n) is 8.28. The summed E-state index contributed by atoms with van der Waals surface area (Å²) in [7, 11) is 0. The molecule has 0 aromatic carbocycles. The van der Waals surface area contributed by atoms with Gasteiger partial charge in [-0.15, -0.1) is 0 Å². The SMILES string of the molecule is CC(C)C1CCCN1C1(CC(=O)O)CN(C(=O)OC(C)(C)C)C1. The number of carboxylic acid groups (broad SMARTS) is 1. The van der Waals surface area contributed by atoms with Crippen molar-refractivity contribution < 1.29 is 19.4 Å². The summed E-state index contributed by atoms with van der Waals surface area (Å²) in [6, 6.07) is 0.398. The van der Waals surface area contributed by atoms with Crippen LogP contribution in [0.1, 0.15) is 53.9 Å². The van der Waals surface area contributed by atoms with Crippen LogP contribution in [0.5, 0.6) is 0 Å². The fourth-order valence-electron chi connectivity index (χ4n) is 3.87. The van der Waals surface area contributed by atoms with Gasteiger partial charge in [0, 0.05) is 19.1 Å². The molecule has 2 rings (SSSR count). The minimum atomic E-state index is -0.803. The lowest BCUT2D eigenvalue weighted by atomic mass is 9.82. The highest BCUT2D eigenvalue weighted by Crippen LogP contribution is 2.39. The van der Waals surface area contributed by atoms with E-state index in [1.807, 2.05) is 20.8 Å². The summed E-state index contributed by atoms with van der Waals surface area (Å²) in [4.78, 5) is 27.5. The number of carbonyl (C=O) groups is 2. The van der Waals surface area contributed by atoms with Gasteiger partial charge < -0.3 is 14.7 Å². The molecule has 1 N–H and O–H groups in total. The van der Waals surface area contributed by atoms with Crippen molar-refractivity contribution in [3.63, 3.8) is 0 Å². The van der Waals surface area contributed by atoms with Crippen LogP contribution in [0.3, 0.4) is 0 Å². The number of likely N-dealkylation sites (tertiary alicyclic amines) is 2. The van der Waals surface area contributed by atoms with Gasteiger partial charge in [0.15, 0.2) is 0 Å². The number of rotatable bonds is 4. The number of carbonyl (C=O) groups excluding carboxylic acids is 1. The molecule has 0 aliphatic carbocycles. The summed E-state index contributed by atoms with van der Waals surface area (Å²) in [5.74, 6) is -0.318. The number of carboxylic acids is 1. The van der Waals surface area contributed by atoms with Gasteiger partial charge in [0.2, 0.25) is 0 Å². The van der Waals surface area contributed by atoms with E-state index >= 15 is 0 Å². The third-order valence-corrected chi connectivity index (χ3v) is 4.78. The van der Waals surface area contributed by atoms with Gasteiger partial charge in [0.25, 0.3) is 0 Å². The van der Waals surface area contributed by atoms with Crippen LogP contribution in [0.25, 0.3) is 0 Å². The Balaban J connectivity index is 2.09. The molecule has 0 bridgehead atoms. The van der Waals surface area contributed by atoms with Crippen LogP contribution in [0, 0.1) is 5.92 Å². The molecule has 0 saturated carbocycles. The Morgan fingerprint density at radius 1 is 1.30 bits per heavy atom. The molecule has 2 aliphatic heterocycles. The highest BCUT2D eigenvalue weighted by Gasteiger charge is 2.54. The zero-order valence-corrected chi connectivity index (χ0v) is 15.0. The molecule has 1 unspecified atom stereocenters. The molecular weight excluding hydrogens is 296 g/mol. The van der Waals surface area contributed by atoms with Gasteiger partial charge in [-0.05, 0) is 46.1 Å². The second-order valence-corrected chi connectivity index (χ2v) is 8.28. The first kappa shape index (κ1) is 18.0. The van der Waals surface area contributed by atoms with Crippen LogP contribution < -0.4 is 0 Å². The molecule has 0 aromatic heterocycles. The molecule has 0 spiro atoms. The van der Waals surface area contributed by atoms with Gasteiger partial charge in [0.1, 0.15) is 5.60 Å². The largest absolute Gasteiger partial charge is 0.481 e.